The number of hydrogen-bond acceptors (Lipinski definition) is 4. The minimum atomic E-state index is -0.215. The number of aliphatic hydroxyl groups is 1. The molecule has 3 nitrogen and oxygen atoms in total. The lowest BCUT2D eigenvalue weighted by atomic mass is 9.79. The van der Waals surface area contributed by atoms with Crippen molar-refractivity contribution < 1.29 is 14.6 Å². The highest BCUT2D eigenvalue weighted by atomic mass is 127. The number of methoxy groups -OCH3 is 2. The predicted octanol–water partition coefficient (Wildman–Crippen LogP) is 7.63. The fourth-order valence-corrected chi connectivity index (χ4v) is 6.53. The molecular weight excluding hydrogens is 531 g/mol. The van der Waals surface area contributed by atoms with Gasteiger partial charge in [-0.3, -0.25) is 0 Å². The van der Waals surface area contributed by atoms with Crippen LogP contribution in [0.2, 0.25) is 0 Å². The fraction of sp³-hybridized carbons (Fsp3) is 0.407. The summed E-state index contributed by atoms with van der Waals surface area (Å²) in [5.74, 6) is 2.25. The van der Waals surface area contributed by atoms with Crippen molar-refractivity contribution in [3.05, 3.63) is 75.7 Å². The molecule has 0 saturated heterocycles. The Kier molecular flexibility index (Phi) is 9.56. The van der Waals surface area contributed by atoms with Crippen LogP contribution in [0, 0.1) is 5.92 Å². The van der Waals surface area contributed by atoms with Crippen molar-refractivity contribution in [3.8, 4) is 11.5 Å². The number of ether oxygens (including phenoxy) is 2. The molecule has 2 aliphatic rings. The molecule has 1 saturated carbocycles. The third-order valence-electron chi connectivity index (χ3n) is 6.17. The highest BCUT2D eigenvalue weighted by Crippen LogP contribution is 2.52. The van der Waals surface area contributed by atoms with Gasteiger partial charge in [0.2, 0.25) is 0 Å². The molecule has 1 fully saturated rings. The van der Waals surface area contributed by atoms with Crippen molar-refractivity contribution in [2.24, 2.45) is 5.92 Å². The summed E-state index contributed by atoms with van der Waals surface area (Å²) in [6.45, 7) is 4.00. The summed E-state index contributed by atoms with van der Waals surface area (Å²) < 4.78 is 10.8. The van der Waals surface area contributed by atoms with Gasteiger partial charge >= 0.3 is 0 Å². The number of fused-ring (bicyclic) bond motifs is 1. The van der Waals surface area contributed by atoms with Crippen molar-refractivity contribution in [1.82, 2.24) is 0 Å². The Bertz CT molecular complexity index is 965. The van der Waals surface area contributed by atoms with E-state index in [1.54, 1.807) is 14.2 Å². The van der Waals surface area contributed by atoms with E-state index in [2.05, 4.69) is 51.5 Å². The van der Waals surface area contributed by atoms with E-state index >= 15 is 0 Å². The Labute approximate surface area is 208 Å². The summed E-state index contributed by atoms with van der Waals surface area (Å²) in [5, 5.41) is 10.4. The van der Waals surface area contributed by atoms with Crippen LogP contribution in [0.5, 0.6) is 11.5 Å². The molecule has 172 valence electrons. The summed E-state index contributed by atoms with van der Waals surface area (Å²) in [6.07, 6.45) is 4.42. The molecule has 0 aliphatic heterocycles. The monoisotopic (exact) mass is 564 g/mol. The molecule has 0 amide bonds. The third-order valence-corrected chi connectivity index (χ3v) is 8.33. The van der Waals surface area contributed by atoms with Crippen LogP contribution in [0.25, 0.3) is 5.57 Å². The van der Waals surface area contributed by atoms with Gasteiger partial charge in [0.1, 0.15) is 11.5 Å². The molecule has 1 N–H and O–H groups in total. The molecule has 0 aromatic heterocycles. The molecule has 32 heavy (non-hydrogen) atoms. The Morgan fingerprint density at radius 2 is 1.69 bits per heavy atom. The number of benzene rings is 2. The molecule has 2 aromatic carbocycles. The van der Waals surface area contributed by atoms with E-state index in [0.29, 0.717) is 5.92 Å². The first-order chi connectivity index (χ1) is 15.6. The number of allylic oxidation sites excluding steroid dienone is 3. The average Bonchev–Trinajstić information content (AvgIpc) is 3.23. The first-order valence-electron chi connectivity index (χ1n) is 11.3. The summed E-state index contributed by atoms with van der Waals surface area (Å²) in [6, 6.07) is 16.7. The summed E-state index contributed by atoms with van der Waals surface area (Å²) in [7, 11) is 5.24. The quantitative estimate of drug-likeness (QED) is 0.351. The molecule has 0 radical (unpaired) electrons. The van der Waals surface area contributed by atoms with Gasteiger partial charge in [0.25, 0.3) is 0 Å². The van der Waals surface area contributed by atoms with Gasteiger partial charge in [-0.05, 0) is 84.6 Å². The number of hydrogen-bond donors (Lipinski definition) is 1. The molecular formula is C27H33IO3S. The standard InChI is InChI=1S/C25H27IO3S.C2H6/c1-28-20-9-7-17(8-10-20)25-22(11-6-16-4-3-5-21(12-16)29-2)23-15-19(27)13-18(23)14-24(25)30-26;1-2/h3-5,7-10,12,18-19,27H,6,11,13-15H2,1-2H3;1-2H3. The van der Waals surface area contributed by atoms with E-state index < -0.39 is 0 Å². The molecule has 2 unspecified atom stereocenters. The topological polar surface area (TPSA) is 38.7 Å². The third kappa shape index (κ3) is 5.72. The maximum Gasteiger partial charge on any atom is 0.119 e. The maximum atomic E-state index is 10.4. The summed E-state index contributed by atoms with van der Waals surface area (Å²) >= 11 is 2.41. The van der Waals surface area contributed by atoms with Gasteiger partial charge < -0.3 is 14.6 Å². The highest BCUT2D eigenvalue weighted by Gasteiger charge is 2.36. The number of aliphatic hydroxyl groups excluding tert-OH is 1. The van der Waals surface area contributed by atoms with Gasteiger partial charge in [0, 0.05) is 26.1 Å². The Hall–Kier alpha value is -1.44. The van der Waals surface area contributed by atoms with Crippen LogP contribution in [-0.4, -0.2) is 25.4 Å². The van der Waals surface area contributed by atoms with Crippen molar-refractivity contribution in [1.29, 1.82) is 0 Å². The molecule has 2 atom stereocenters. The SMILES string of the molecule is CC.COc1ccc(C2=C(SI)CC3CC(O)CC3=C2CCc2cccc(OC)c2)cc1. The van der Waals surface area contributed by atoms with Crippen LogP contribution in [0.3, 0.4) is 0 Å². The smallest absolute Gasteiger partial charge is 0.119 e. The molecule has 2 aromatic rings. The Morgan fingerprint density at radius 3 is 2.34 bits per heavy atom. The van der Waals surface area contributed by atoms with Crippen LogP contribution in [0.4, 0.5) is 0 Å². The number of rotatable bonds is 7. The summed E-state index contributed by atoms with van der Waals surface area (Å²) in [5.41, 5.74) is 6.77. The first-order valence-corrected chi connectivity index (χ1v) is 14.7. The van der Waals surface area contributed by atoms with Crippen molar-refractivity contribution >= 4 is 35.7 Å². The molecule has 0 bridgehead atoms. The molecule has 4 rings (SSSR count). The molecule has 0 heterocycles. The van der Waals surface area contributed by atoms with Crippen molar-refractivity contribution in [2.45, 2.75) is 52.1 Å². The lowest BCUT2D eigenvalue weighted by molar-refractivity contribution is 0.179. The Morgan fingerprint density at radius 1 is 0.969 bits per heavy atom. The van der Waals surface area contributed by atoms with Crippen LogP contribution in [0.1, 0.15) is 50.7 Å². The van der Waals surface area contributed by atoms with E-state index in [-0.39, 0.29) is 6.10 Å². The second-order valence-electron chi connectivity index (χ2n) is 7.95. The van der Waals surface area contributed by atoms with E-state index in [0.717, 1.165) is 43.6 Å². The van der Waals surface area contributed by atoms with Gasteiger partial charge in [-0.15, -0.1) is 0 Å². The van der Waals surface area contributed by atoms with Crippen LogP contribution < -0.4 is 9.47 Å². The van der Waals surface area contributed by atoms with Crippen molar-refractivity contribution in [2.75, 3.05) is 14.2 Å². The lowest BCUT2D eigenvalue weighted by Gasteiger charge is -2.28. The fourth-order valence-electron chi connectivity index (χ4n) is 4.75. The minimum Gasteiger partial charge on any atom is -0.497 e. The largest absolute Gasteiger partial charge is 0.497 e. The van der Waals surface area contributed by atoms with E-state index in [4.69, 9.17) is 9.47 Å². The Balaban J connectivity index is 0.00000141. The lowest BCUT2D eigenvalue weighted by Crippen LogP contribution is -2.11. The number of aryl methyl sites for hydroxylation is 1. The zero-order valence-electron chi connectivity index (χ0n) is 19.4. The average molecular weight is 565 g/mol. The van der Waals surface area contributed by atoms with Crippen molar-refractivity contribution in [3.63, 3.8) is 0 Å². The van der Waals surface area contributed by atoms with Crippen LogP contribution in [-0.2, 0) is 6.42 Å². The minimum absolute atomic E-state index is 0.215. The van der Waals surface area contributed by atoms with Gasteiger partial charge in [-0.25, -0.2) is 0 Å². The van der Waals surface area contributed by atoms with E-state index in [9.17, 15) is 5.11 Å². The summed E-state index contributed by atoms with van der Waals surface area (Å²) in [4.78, 5) is 1.42. The van der Waals surface area contributed by atoms with Gasteiger partial charge in [0.15, 0.2) is 0 Å². The predicted molar refractivity (Wildman–Crippen MR) is 145 cm³/mol. The molecule has 0 spiro atoms. The zero-order chi connectivity index (χ0) is 23.1. The van der Waals surface area contributed by atoms with Gasteiger partial charge in [-0.1, -0.05) is 52.6 Å². The van der Waals surface area contributed by atoms with Gasteiger partial charge in [-0.2, -0.15) is 0 Å². The first kappa shape index (κ1) is 25.2. The normalized spacial score (nSPS) is 19.9. The number of halogens is 1. The maximum absolute atomic E-state index is 10.4. The second-order valence-corrected chi connectivity index (χ2v) is 9.92. The van der Waals surface area contributed by atoms with Crippen LogP contribution in [0.15, 0.2) is 64.6 Å². The van der Waals surface area contributed by atoms with E-state index in [1.807, 2.05) is 41.0 Å². The van der Waals surface area contributed by atoms with Gasteiger partial charge in [0.05, 0.1) is 20.3 Å². The van der Waals surface area contributed by atoms with Crippen LogP contribution >= 0.6 is 30.1 Å². The van der Waals surface area contributed by atoms with E-state index in [1.165, 1.54) is 32.8 Å². The second kappa shape index (κ2) is 12.1. The molecule has 5 heteroatoms. The molecule has 2 aliphatic carbocycles. The zero-order valence-corrected chi connectivity index (χ0v) is 22.3. The highest BCUT2D eigenvalue weighted by molar-refractivity contribution is 14.2.